The SMILES string of the molecule is CCC[CH2][Sn]([CH2]CCC)([CH2]CCC)[C](=CC(C)O[Si](C(C)C)(C(C)C)C(C)C)[Sn]([CH2]CCC)([CH2]CCC)[CH2]CCC. The average molecular weight is 807 g/mol. The molecule has 0 aromatic rings. The molecule has 0 saturated carbocycles. The summed E-state index contributed by atoms with van der Waals surface area (Å²) in [6.07, 6.45) is 20.4. The van der Waals surface area contributed by atoms with Gasteiger partial charge in [-0.15, -0.1) is 0 Å². The molecule has 0 heterocycles. The van der Waals surface area contributed by atoms with E-state index >= 15 is 0 Å². The molecule has 0 radical (unpaired) electrons. The van der Waals surface area contributed by atoms with Crippen molar-refractivity contribution in [1.29, 1.82) is 0 Å². The Kier molecular flexibility index (Phi) is 23.8. The Morgan fingerprint density at radius 3 is 0.927 bits per heavy atom. The van der Waals surface area contributed by atoms with Crippen molar-refractivity contribution in [3.8, 4) is 0 Å². The van der Waals surface area contributed by atoms with E-state index in [9.17, 15) is 0 Å². The molecule has 1 atom stereocenters. The van der Waals surface area contributed by atoms with Crippen LogP contribution in [0.2, 0.25) is 43.2 Å². The topological polar surface area (TPSA) is 9.23 Å². The third kappa shape index (κ3) is 13.0. The van der Waals surface area contributed by atoms with E-state index in [1.165, 1.54) is 77.0 Å². The fourth-order valence-electron chi connectivity index (χ4n) is 8.56. The monoisotopic (exact) mass is 808 g/mol. The summed E-state index contributed by atoms with van der Waals surface area (Å²) in [5.74, 6) is 0. The van der Waals surface area contributed by atoms with Crippen molar-refractivity contribution < 1.29 is 4.43 Å². The quantitative estimate of drug-likeness (QED) is 0.0791. The number of rotatable bonds is 26. The molecule has 0 aliphatic rings. The van der Waals surface area contributed by atoms with Crippen molar-refractivity contribution in [1.82, 2.24) is 0 Å². The van der Waals surface area contributed by atoms with E-state index in [2.05, 4.69) is 97.7 Å². The number of hydrogen-bond donors (Lipinski definition) is 0. The number of unbranched alkanes of at least 4 members (excludes halogenated alkanes) is 6. The first-order chi connectivity index (χ1) is 19.4. The Morgan fingerprint density at radius 1 is 0.488 bits per heavy atom. The fraction of sp³-hybridized carbons (Fsp3) is 0.946. The van der Waals surface area contributed by atoms with Crippen molar-refractivity contribution in [3.05, 3.63) is 7.68 Å². The average Bonchev–Trinajstić information content (AvgIpc) is 2.94. The van der Waals surface area contributed by atoms with Crippen LogP contribution < -0.4 is 0 Å². The molecule has 41 heavy (non-hydrogen) atoms. The zero-order valence-corrected chi connectivity index (χ0v) is 37.7. The fourth-order valence-corrected chi connectivity index (χ4v) is 83.1. The molecule has 0 aliphatic heterocycles. The second-order valence-corrected chi connectivity index (χ2v) is 50.6. The Hall–Kier alpha value is 1.51. The summed E-state index contributed by atoms with van der Waals surface area (Å²) in [5, 5.41) is 0. The van der Waals surface area contributed by atoms with Crippen LogP contribution in [-0.2, 0) is 4.43 Å². The first-order valence-electron chi connectivity index (χ1n) is 18.8. The summed E-state index contributed by atoms with van der Waals surface area (Å²) < 4.78 is 19.7. The summed E-state index contributed by atoms with van der Waals surface area (Å²) in [6.45, 7) is 32.1. The molecule has 0 aliphatic carbocycles. The van der Waals surface area contributed by atoms with Gasteiger partial charge in [0.1, 0.15) is 0 Å². The second-order valence-electron chi connectivity index (χ2n) is 14.9. The van der Waals surface area contributed by atoms with Crippen molar-refractivity contribution in [3.63, 3.8) is 0 Å². The van der Waals surface area contributed by atoms with Gasteiger partial charge in [-0.25, -0.2) is 0 Å². The van der Waals surface area contributed by atoms with Gasteiger partial charge in [-0.3, -0.25) is 0 Å². The Bertz CT molecular complexity index is 573. The molecule has 0 amide bonds. The van der Waals surface area contributed by atoms with Gasteiger partial charge in [0.25, 0.3) is 0 Å². The van der Waals surface area contributed by atoms with Crippen molar-refractivity contribution in [2.75, 3.05) is 0 Å². The Morgan fingerprint density at radius 2 is 0.732 bits per heavy atom. The molecule has 0 bridgehead atoms. The minimum atomic E-state index is -2.64. The second kappa shape index (κ2) is 22.9. The van der Waals surface area contributed by atoms with Crippen LogP contribution in [0.1, 0.15) is 167 Å². The summed E-state index contributed by atoms with van der Waals surface area (Å²) in [4.78, 5) is 0. The van der Waals surface area contributed by atoms with E-state index in [1.54, 1.807) is 26.6 Å². The molecule has 0 spiro atoms. The summed E-state index contributed by atoms with van der Waals surface area (Å²) in [5.41, 5.74) is 1.97. The molecule has 0 N–H and O–H groups in total. The molecule has 4 heteroatoms. The van der Waals surface area contributed by atoms with E-state index in [4.69, 9.17) is 4.43 Å². The van der Waals surface area contributed by atoms with E-state index in [0.29, 0.717) is 22.7 Å². The van der Waals surface area contributed by atoms with Gasteiger partial charge in [0, 0.05) is 0 Å². The van der Waals surface area contributed by atoms with Gasteiger partial charge >= 0.3 is 274 Å². The van der Waals surface area contributed by atoms with Gasteiger partial charge in [0.05, 0.1) is 0 Å². The predicted molar refractivity (Wildman–Crippen MR) is 199 cm³/mol. The molecule has 246 valence electrons. The number of hydrogen-bond acceptors (Lipinski definition) is 1. The molecule has 1 unspecified atom stereocenters. The van der Waals surface area contributed by atoms with Crippen LogP contribution in [0.3, 0.4) is 0 Å². The van der Waals surface area contributed by atoms with Crippen LogP contribution in [0.4, 0.5) is 0 Å². The van der Waals surface area contributed by atoms with E-state index in [0.717, 1.165) is 0 Å². The van der Waals surface area contributed by atoms with Gasteiger partial charge in [-0.1, -0.05) is 0 Å². The van der Waals surface area contributed by atoms with Crippen molar-refractivity contribution >= 4 is 45.1 Å². The van der Waals surface area contributed by atoms with Crippen molar-refractivity contribution in [2.45, 2.75) is 216 Å². The molecular formula is C37H80OSiSn2. The summed E-state index contributed by atoms with van der Waals surface area (Å²) in [7, 11) is -1.93. The first kappa shape index (κ1) is 42.5. The summed E-state index contributed by atoms with van der Waals surface area (Å²) in [6, 6.07) is 0. The molecule has 1 nitrogen and oxygen atoms in total. The molecule has 0 saturated heterocycles. The summed E-state index contributed by atoms with van der Waals surface area (Å²) >= 11 is -5.28. The molecule has 0 fully saturated rings. The Labute approximate surface area is 271 Å². The van der Waals surface area contributed by atoms with E-state index in [-0.39, 0.29) is 0 Å². The van der Waals surface area contributed by atoms with Gasteiger partial charge in [-0.2, -0.15) is 0 Å². The van der Waals surface area contributed by atoms with Crippen LogP contribution in [0.15, 0.2) is 7.68 Å². The maximum atomic E-state index is 7.60. The van der Waals surface area contributed by atoms with Crippen LogP contribution in [0, 0.1) is 0 Å². The van der Waals surface area contributed by atoms with Crippen LogP contribution >= 0.6 is 0 Å². The zero-order chi connectivity index (χ0) is 31.5. The van der Waals surface area contributed by atoms with E-state index in [1.807, 2.05) is 0 Å². The van der Waals surface area contributed by atoms with Gasteiger partial charge in [-0.05, 0) is 0 Å². The third-order valence-electron chi connectivity index (χ3n) is 10.7. The van der Waals surface area contributed by atoms with Gasteiger partial charge < -0.3 is 0 Å². The third-order valence-corrected chi connectivity index (χ3v) is 67.1. The minimum absolute atomic E-state index is 0.297. The Balaban J connectivity index is 7.56. The molecular weight excluding hydrogens is 726 g/mol. The standard InChI is InChI=1S/C13H26OSi.6C4H9.2Sn/c1-9-13(8)14-15(10(2)3,11(4)5)12(6)7;6*1-3-4-2;;/h9-13H,2-8H3;6*1,3-4H2,2H3;;. The molecule has 0 aromatic heterocycles. The molecule has 0 rings (SSSR count). The van der Waals surface area contributed by atoms with Crippen LogP contribution in [0.5, 0.6) is 0 Å². The van der Waals surface area contributed by atoms with Crippen molar-refractivity contribution in [2.24, 2.45) is 0 Å². The predicted octanol–water partition coefficient (Wildman–Crippen LogP) is 14.3. The van der Waals surface area contributed by atoms with Gasteiger partial charge in [0.2, 0.25) is 0 Å². The zero-order valence-electron chi connectivity index (χ0n) is 31.0. The maximum absolute atomic E-state index is 7.60. The van der Waals surface area contributed by atoms with E-state index < -0.39 is 45.1 Å². The molecule has 0 aromatic carbocycles. The van der Waals surface area contributed by atoms with Gasteiger partial charge in [0.15, 0.2) is 0 Å². The van der Waals surface area contributed by atoms with Crippen LogP contribution in [-0.4, -0.2) is 51.2 Å². The normalized spacial score (nSPS) is 14.0. The van der Waals surface area contributed by atoms with Crippen LogP contribution in [0.25, 0.3) is 0 Å². The first-order valence-corrected chi connectivity index (χ1v) is 35.9.